The molecule has 0 atom stereocenters. The van der Waals surface area contributed by atoms with Crippen LogP contribution in [0, 0.1) is 6.92 Å². The van der Waals surface area contributed by atoms with Gasteiger partial charge in [-0.1, -0.05) is 42.0 Å². The number of fused-ring (bicyclic) bond motifs is 1. The molecule has 2 heterocycles. The first kappa shape index (κ1) is 16.0. The van der Waals surface area contributed by atoms with Crippen LogP contribution in [-0.2, 0) is 0 Å². The Morgan fingerprint density at radius 2 is 1.77 bits per heavy atom. The third-order valence-corrected chi connectivity index (χ3v) is 4.14. The topological polar surface area (TPSA) is 51.2 Å². The van der Waals surface area contributed by atoms with E-state index in [1.54, 1.807) is 7.11 Å². The van der Waals surface area contributed by atoms with E-state index in [2.05, 4.69) is 41.4 Å². The van der Waals surface area contributed by atoms with Crippen LogP contribution in [-0.4, -0.2) is 16.5 Å². The van der Waals surface area contributed by atoms with E-state index in [0.717, 1.165) is 28.3 Å². The molecule has 0 aliphatic rings. The molecule has 0 amide bonds. The van der Waals surface area contributed by atoms with Crippen LogP contribution in [0.1, 0.15) is 5.56 Å². The van der Waals surface area contributed by atoms with Crippen molar-refractivity contribution < 1.29 is 4.74 Å². The van der Waals surface area contributed by atoms with Crippen LogP contribution in [0.2, 0.25) is 0 Å². The number of pyridine rings is 1. The number of aromatic nitrogens is 2. The maximum Gasteiger partial charge on any atom is 0.187 e. The molecule has 4 aromatic rings. The second kappa shape index (κ2) is 6.80. The smallest absolute Gasteiger partial charge is 0.187 e. The number of imidazole rings is 1. The van der Waals surface area contributed by atoms with Crippen molar-refractivity contribution in [3.63, 3.8) is 0 Å². The summed E-state index contributed by atoms with van der Waals surface area (Å²) < 4.78 is 7.19. The molecule has 4 rings (SSSR count). The third kappa shape index (κ3) is 3.07. The predicted molar refractivity (Wildman–Crippen MR) is 103 cm³/mol. The lowest BCUT2D eigenvalue weighted by Crippen LogP contribution is -1.82. The molecule has 0 radical (unpaired) electrons. The maximum absolute atomic E-state index is 5.25. The molecule has 0 aliphatic heterocycles. The van der Waals surface area contributed by atoms with Gasteiger partial charge in [0.1, 0.15) is 17.1 Å². The fraction of sp³-hybridized carbons (Fsp3) is 0.0952. The van der Waals surface area contributed by atoms with Crippen LogP contribution in [0.5, 0.6) is 5.75 Å². The minimum Gasteiger partial charge on any atom is -0.497 e. The first-order valence-corrected chi connectivity index (χ1v) is 8.34. The molecule has 0 bridgehead atoms. The Labute approximate surface area is 151 Å². The van der Waals surface area contributed by atoms with Crippen LogP contribution in [0.15, 0.2) is 83.2 Å². The lowest BCUT2D eigenvalue weighted by atomic mass is 10.1. The fourth-order valence-corrected chi connectivity index (χ4v) is 2.76. The van der Waals surface area contributed by atoms with Crippen molar-refractivity contribution in [1.29, 1.82) is 0 Å². The third-order valence-electron chi connectivity index (χ3n) is 4.14. The highest BCUT2D eigenvalue weighted by Crippen LogP contribution is 2.32. The van der Waals surface area contributed by atoms with Gasteiger partial charge >= 0.3 is 0 Å². The van der Waals surface area contributed by atoms with Gasteiger partial charge in [0.05, 0.1) is 12.8 Å². The van der Waals surface area contributed by atoms with Crippen LogP contribution in [0.3, 0.4) is 0 Å². The van der Waals surface area contributed by atoms with Gasteiger partial charge in [-0.2, -0.15) is 0 Å². The Kier molecular flexibility index (Phi) is 4.19. The van der Waals surface area contributed by atoms with Crippen molar-refractivity contribution >= 4 is 17.2 Å². The van der Waals surface area contributed by atoms with Crippen LogP contribution >= 0.6 is 0 Å². The van der Waals surface area contributed by atoms with Crippen molar-refractivity contribution in [2.75, 3.05) is 7.11 Å². The summed E-state index contributed by atoms with van der Waals surface area (Å²) in [5, 5.41) is 8.90. The Morgan fingerprint density at radius 1 is 0.923 bits per heavy atom. The van der Waals surface area contributed by atoms with Gasteiger partial charge in [0.15, 0.2) is 5.82 Å². The van der Waals surface area contributed by atoms with E-state index in [1.165, 1.54) is 5.56 Å². The van der Waals surface area contributed by atoms with Crippen molar-refractivity contribution in [3.8, 4) is 17.0 Å². The maximum atomic E-state index is 5.25. The van der Waals surface area contributed by atoms with Crippen LogP contribution < -0.4 is 4.74 Å². The Balaban J connectivity index is 1.83. The minimum atomic E-state index is 0.701. The van der Waals surface area contributed by atoms with E-state index < -0.39 is 0 Å². The predicted octanol–water partition coefficient (Wildman–Crippen LogP) is 5.73. The van der Waals surface area contributed by atoms with Gasteiger partial charge in [-0.3, -0.25) is 4.40 Å². The average molecular weight is 342 g/mol. The van der Waals surface area contributed by atoms with Crippen molar-refractivity contribution in [1.82, 2.24) is 9.38 Å². The largest absolute Gasteiger partial charge is 0.497 e. The second-order valence-electron chi connectivity index (χ2n) is 5.98. The van der Waals surface area contributed by atoms with Crippen LogP contribution in [0.4, 0.5) is 11.5 Å². The Morgan fingerprint density at radius 3 is 2.58 bits per heavy atom. The lowest BCUT2D eigenvalue weighted by molar-refractivity contribution is 0.415. The highest BCUT2D eigenvalue weighted by atomic mass is 16.5. The molecule has 5 nitrogen and oxygen atoms in total. The monoisotopic (exact) mass is 342 g/mol. The molecule has 0 aliphatic carbocycles. The summed E-state index contributed by atoms with van der Waals surface area (Å²) in [6.07, 6.45) is 1.94. The van der Waals surface area contributed by atoms with E-state index in [0.29, 0.717) is 5.82 Å². The summed E-state index contributed by atoms with van der Waals surface area (Å²) in [5.41, 5.74) is 4.59. The first-order valence-electron chi connectivity index (χ1n) is 8.34. The molecule has 0 saturated carbocycles. The first-order chi connectivity index (χ1) is 12.7. The number of methoxy groups -OCH3 is 1. The molecule has 5 heteroatoms. The molecule has 0 spiro atoms. The van der Waals surface area contributed by atoms with Gasteiger partial charge < -0.3 is 4.74 Å². The van der Waals surface area contributed by atoms with Gasteiger partial charge in [-0.15, -0.1) is 10.2 Å². The molecular weight excluding hydrogens is 324 g/mol. The number of benzene rings is 2. The molecule has 0 saturated heterocycles. The summed E-state index contributed by atoms with van der Waals surface area (Å²) in [6, 6.07) is 21.6. The van der Waals surface area contributed by atoms with Gasteiger partial charge in [-0.05, 0) is 31.2 Å². The highest BCUT2D eigenvalue weighted by molar-refractivity contribution is 5.74. The van der Waals surface area contributed by atoms with Crippen molar-refractivity contribution in [2.24, 2.45) is 10.2 Å². The van der Waals surface area contributed by atoms with Gasteiger partial charge in [0.2, 0.25) is 0 Å². The van der Waals surface area contributed by atoms with Crippen molar-refractivity contribution in [3.05, 3.63) is 78.5 Å². The Bertz CT molecular complexity index is 1080. The normalized spacial score (nSPS) is 11.3. The van der Waals surface area contributed by atoms with E-state index >= 15 is 0 Å². The van der Waals surface area contributed by atoms with E-state index in [-0.39, 0.29) is 0 Å². The highest BCUT2D eigenvalue weighted by Gasteiger charge is 2.13. The minimum absolute atomic E-state index is 0.701. The molecule has 0 fully saturated rings. The molecule has 128 valence electrons. The molecule has 26 heavy (non-hydrogen) atoms. The second-order valence-corrected chi connectivity index (χ2v) is 5.98. The fourth-order valence-electron chi connectivity index (χ4n) is 2.76. The van der Waals surface area contributed by atoms with E-state index in [4.69, 9.17) is 9.72 Å². The molecule has 2 aromatic carbocycles. The lowest BCUT2D eigenvalue weighted by Gasteiger charge is -2.01. The van der Waals surface area contributed by atoms with Gasteiger partial charge in [0.25, 0.3) is 0 Å². The number of hydrogen-bond donors (Lipinski definition) is 0. The number of ether oxygens (including phenoxy) is 1. The summed E-state index contributed by atoms with van der Waals surface area (Å²) in [5.74, 6) is 1.45. The van der Waals surface area contributed by atoms with Gasteiger partial charge in [-0.25, -0.2) is 4.98 Å². The summed E-state index contributed by atoms with van der Waals surface area (Å²) in [7, 11) is 1.64. The standard InChI is InChI=1S/C21H18N4O/c1-15-9-11-16(12-10-15)20-21(25-13-4-3-8-19(25)22-20)24-23-17-6-5-7-18(14-17)26-2/h3-14H,1-2H3. The van der Waals surface area contributed by atoms with Crippen LogP contribution in [0.25, 0.3) is 16.9 Å². The number of azo groups is 1. The SMILES string of the molecule is COc1cccc(N=Nc2c(-c3ccc(C)cc3)nc3ccccn23)c1. The molecule has 2 aromatic heterocycles. The van der Waals surface area contributed by atoms with E-state index in [9.17, 15) is 0 Å². The number of rotatable bonds is 4. The number of hydrogen-bond acceptors (Lipinski definition) is 4. The zero-order valence-electron chi connectivity index (χ0n) is 14.6. The van der Waals surface area contributed by atoms with E-state index in [1.807, 2.05) is 53.1 Å². The van der Waals surface area contributed by atoms with Crippen molar-refractivity contribution in [2.45, 2.75) is 6.92 Å². The molecule has 0 unspecified atom stereocenters. The summed E-state index contributed by atoms with van der Waals surface area (Å²) in [6.45, 7) is 2.07. The van der Waals surface area contributed by atoms with Gasteiger partial charge in [0, 0.05) is 17.8 Å². The average Bonchev–Trinajstić information content (AvgIpc) is 3.05. The quantitative estimate of drug-likeness (QED) is 0.444. The number of aryl methyl sites for hydroxylation is 1. The number of nitrogens with zero attached hydrogens (tertiary/aromatic N) is 4. The molecule has 0 N–H and O–H groups in total. The summed E-state index contributed by atoms with van der Waals surface area (Å²) in [4.78, 5) is 4.74. The molecular formula is C21H18N4O. The Hall–Kier alpha value is -3.47. The zero-order valence-corrected chi connectivity index (χ0v) is 14.6. The summed E-state index contributed by atoms with van der Waals surface area (Å²) >= 11 is 0. The zero-order chi connectivity index (χ0) is 17.9.